The summed E-state index contributed by atoms with van der Waals surface area (Å²) in [5, 5.41) is 32.6. The summed E-state index contributed by atoms with van der Waals surface area (Å²) >= 11 is 1.57. The maximum atomic E-state index is 11.4. The summed E-state index contributed by atoms with van der Waals surface area (Å²) in [7, 11) is 0. The van der Waals surface area contributed by atoms with Crippen LogP contribution in [0.4, 0.5) is 5.82 Å². The number of aliphatic hydroxyl groups is 1. The Morgan fingerprint density at radius 2 is 2.03 bits per heavy atom. The number of aromatic nitrogens is 5. The van der Waals surface area contributed by atoms with Crippen molar-refractivity contribution in [2.45, 2.75) is 61.9 Å². The van der Waals surface area contributed by atoms with Gasteiger partial charge in [0, 0.05) is 17.7 Å². The Hall–Kier alpha value is -2.72. The summed E-state index contributed by atoms with van der Waals surface area (Å²) in [4.78, 5) is 20.8. The minimum Gasteiger partial charge on any atom is -0.481 e. The van der Waals surface area contributed by atoms with Crippen LogP contribution in [0, 0.1) is 5.92 Å². The molecule has 0 spiro atoms. The van der Waals surface area contributed by atoms with Crippen molar-refractivity contribution in [1.29, 1.82) is 0 Å². The van der Waals surface area contributed by atoms with E-state index in [1.54, 1.807) is 16.4 Å². The van der Waals surface area contributed by atoms with Gasteiger partial charge in [0.05, 0.1) is 18.1 Å². The number of hydrogen-bond acceptors (Lipinski definition) is 8. The third-order valence-electron chi connectivity index (χ3n) is 6.24. The summed E-state index contributed by atoms with van der Waals surface area (Å²) in [5.41, 5.74) is 2.39. The SMILES string of the molecule is CCCSc1nc(N[C@H]2C[C@@H]2c2ccccc2)c2nnn([C@@H]3C[C@H](C(=O)O)C[C@H]3O)c2n1. The topological polar surface area (TPSA) is 126 Å². The summed E-state index contributed by atoms with van der Waals surface area (Å²) in [5.74, 6) is 0.463. The number of rotatable bonds is 8. The normalized spacial score (nSPS) is 27.0. The zero-order valence-electron chi connectivity index (χ0n) is 17.8. The molecule has 10 heteroatoms. The molecular formula is C22H26N6O3S. The number of aliphatic hydroxyl groups excluding tert-OH is 1. The fourth-order valence-corrected chi connectivity index (χ4v) is 5.14. The summed E-state index contributed by atoms with van der Waals surface area (Å²) in [6.07, 6.45) is 1.72. The van der Waals surface area contributed by atoms with E-state index in [-0.39, 0.29) is 12.5 Å². The van der Waals surface area contributed by atoms with E-state index < -0.39 is 24.0 Å². The standard InChI is InChI=1S/C22H26N6O3S/c1-2-8-32-22-24-19(23-15-11-14(15)12-6-4-3-5-7-12)18-20(25-22)28(27-26-18)16-9-13(21(30)31)10-17(16)29/h3-7,13-17,29H,2,8-11H2,1H3,(H,30,31)(H,23,24,25)/t13-,14+,15-,16+,17+/m0/s1. The van der Waals surface area contributed by atoms with Gasteiger partial charge in [0.1, 0.15) is 0 Å². The van der Waals surface area contributed by atoms with Gasteiger partial charge in [0.25, 0.3) is 0 Å². The number of fused-ring (bicyclic) bond motifs is 1. The number of carbonyl (C=O) groups is 1. The number of aliphatic carboxylic acids is 1. The molecule has 168 valence electrons. The van der Waals surface area contributed by atoms with Crippen molar-refractivity contribution in [2.24, 2.45) is 5.92 Å². The van der Waals surface area contributed by atoms with E-state index in [2.05, 4.69) is 51.8 Å². The Morgan fingerprint density at radius 1 is 1.22 bits per heavy atom. The molecule has 2 fully saturated rings. The highest BCUT2D eigenvalue weighted by Crippen LogP contribution is 2.43. The van der Waals surface area contributed by atoms with Crippen molar-refractivity contribution in [3.8, 4) is 0 Å². The van der Waals surface area contributed by atoms with Gasteiger partial charge in [-0.15, -0.1) is 5.10 Å². The zero-order valence-corrected chi connectivity index (χ0v) is 18.6. The molecule has 5 atom stereocenters. The third-order valence-corrected chi connectivity index (χ3v) is 7.29. The van der Waals surface area contributed by atoms with Crippen LogP contribution in [0.15, 0.2) is 35.5 Å². The number of carboxylic acids is 1. The van der Waals surface area contributed by atoms with Crippen LogP contribution < -0.4 is 5.32 Å². The summed E-state index contributed by atoms with van der Waals surface area (Å²) in [6, 6.07) is 10.2. The van der Waals surface area contributed by atoms with E-state index in [0.29, 0.717) is 34.5 Å². The number of nitrogens with zero attached hydrogens (tertiary/aromatic N) is 5. The van der Waals surface area contributed by atoms with E-state index in [1.165, 1.54) is 5.56 Å². The van der Waals surface area contributed by atoms with Crippen LogP contribution in [0.2, 0.25) is 0 Å². The first kappa shape index (κ1) is 21.1. The molecule has 0 aliphatic heterocycles. The van der Waals surface area contributed by atoms with Gasteiger partial charge in [-0.3, -0.25) is 4.79 Å². The Labute approximate surface area is 189 Å². The average Bonchev–Trinajstić information content (AvgIpc) is 3.25. The molecule has 3 N–H and O–H groups in total. The number of thioether (sulfide) groups is 1. The molecule has 5 rings (SSSR count). The first-order valence-corrected chi connectivity index (χ1v) is 12.0. The molecule has 2 aliphatic carbocycles. The maximum Gasteiger partial charge on any atom is 0.306 e. The van der Waals surface area contributed by atoms with Crippen LogP contribution in [0.3, 0.4) is 0 Å². The fraction of sp³-hybridized carbons (Fsp3) is 0.500. The van der Waals surface area contributed by atoms with E-state index >= 15 is 0 Å². The van der Waals surface area contributed by atoms with Gasteiger partial charge in [0.15, 0.2) is 22.1 Å². The van der Waals surface area contributed by atoms with Crippen molar-refractivity contribution in [3.63, 3.8) is 0 Å². The predicted molar refractivity (Wildman–Crippen MR) is 121 cm³/mol. The molecule has 0 unspecified atom stereocenters. The fourth-order valence-electron chi connectivity index (χ4n) is 4.45. The number of nitrogens with one attached hydrogen (secondary N) is 1. The lowest BCUT2D eigenvalue weighted by molar-refractivity contribution is -0.141. The molecule has 3 aromatic rings. The van der Waals surface area contributed by atoms with Gasteiger partial charge in [0.2, 0.25) is 0 Å². The highest BCUT2D eigenvalue weighted by molar-refractivity contribution is 7.99. The first-order valence-electron chi connectivity index (χ1n) is 11.0. The van der Waals surface area contributed by atoms with Crippen LogP contribution in [0.25, 0.3) is 11.2 Å². The van der Waals surface area contributed by atoms with Crippen molar-refractivity contribution in [3.05, 3.63) is 35.9 Å². The predicted octanol–water partition coefficient (Wildman–Crippen LogP) is 3.09. The molecule has 2 aliphatic rings. The molecule has 1 aromatic carbocycles. The van der Waals surface area contributed by atoms with Gasteiger partial charge in [-0.2, -0.15) is 0 Å². The molecular weight excluding hydrogens is 428 g/mol. The molecule has 0 amide bonds. The lowest BCUT2D eigenvalue weighted by atomic mass is 10.1. The largest absolute Gasteiger partial charge is 0.481 e. The molecule has 0 radical (unpaired) electrons. The number of anilines is 1. The quantitative estimate of drug-likeness (QED) is 0.348. The van der Waals surface area contributed by atoms with Gasteiger partial charge < -0.3 is 15.5 Å². The van der Waals surface area contributed by atoms with Gasteiger partial charge in [-0.25, -0.2) is 14.6 Å². The van der Waals surface area contributed by atoms with Gasteiger partial charge >= 0.3 is 5.97 Å². The Balaban J connectivity index is 1.46. The van der Waals surface area contributed by atoms with Crippen molar-refractivity contribution >= 4 is 34.7 Å². The van der Waals surface area contributed by atoms with Crippen molar-refractivity contribution in [1.82, 2.24) is 25.0 Å². The second-order valence-electron chi connectivity index (χ2n) is 8.55. The molecule has 2 heterocycles. The maximum absolute atomic E-state index is 11.4. The van der Waals surface area contributed by atoms with Gasteiger partial charge in [-0.05, 0) is 31.2 Å². The van der Waals surface area contributed by atoms with Gasteiger partial charge in [-0.1, -0.05) is 54.2 Å². The molecule has 0 bridgehead atoms. The van der Waals surface area contributed by atoms with E-state index in [0.717, 1.165) is 18.6 Å². The van der Waals surface area contributed by atoms with Crippen molar-refractivity contribution in [2.75, 3.05) is 11.1 Å². The van der Waals surface area contributed by atoms with Crippen LogP contribution in [0.5, 0.6) is 0 Å². The second kappa shape index (κ2) is 8.67. The summed E-state index contributed by atoms with van der Waals surface area (Å²) in [6.45, 7) is 2.10. The minimum absolute atomic E-state index is 0.204. The molecule has 2 aromatic heterocycles. The number of carboxylic acid groups (broad SMARTS) is 1. The average molecular weight is 455 g/mol. The monoisotopic (exact) mass is 454 g/mol. The second-order valence-corrected chi connectivity index (χ2v) is 9.62. The first-order chi connectivity index (χ1) is 15.5. The zero-order chi connectivity index (χ0) is 22.2. The van der Waals surface area contributed by atoms with E-state index in [4.69, 9.17) is 4.98 Å². The Morgan fingerprint density at radius 3 is 2.75 bits per heavy atom. The smallest absolute Gasteiger partial charge is 0.306 e. The highest BCUT2D eigenvalue weighted by atomic mass is 32.2. The molecule has 9 nitrogen and oxygen atoms in total. The van der Waals surface area contributed by atoms with Crippen LogP contribution in [-0.4, -0.2) is 59.0 Å². The Bertz CT molecular complexity index is 1120. The van der Waals surface area contributed by atoms with Crippen LogP contribution in [-0.2, 0) is 4.79 Å². The number of benzene rings is 1. The molecule has 2 saturated carbocycles. The van der Waals surface area contributed by atoms with E-state index in [9.17, 15) is 15.0 Å². The van der Waals surface area contributed by atoms with Crippen LogP contribution >= 0.6 is 11.8 Å². The molecule has 0 saturated heterocycles. The van der Waals surface area contributed by atoms with Crippen LogP contribution in [0.1, 0.15) is 50.1 Å². The van der Waals surface area contributed by atoms with E-state index in [1.807, 2.05) is 6.07 Å². The number of hydrogen-bond donors (Lipinski definition) is 3. The third kappa shape index (κ3) is 4.04. The minimum atomic E-state index is -0.896. The lowest BCUT2D eigenvalue weighted by Crippen LogP contribution is -2.20. The summed E-state index contributed by atoms with van der Waals surface area (Å²) < 4.78 is 1.59. The van der Waals surface area contributed by atoms with Crippen molar-refractivity contribution < 1.29 is 15.0 Å². The Kier molecular flexibility index (Phi) is 5.73. The molecule has 32 heavy (non-hydrogen) atoms. The lowest BCUT2D eigenvalue weighted by Gasteiger charge is -2.15. The highest BCUT2D eigenvalue weighted by Gasteiger charge is 2.41.